The molecular formula is C23H24N2O5. The number of hydrogen-bond donors (Lipinski definition) is 1. The summed E-state index contributed by atoms with van der Waals surface area (Å²) in [5.41, 5.74) is 1.80. The molecule has 1 fully saturated rings. The first-order valence-electron chi connectivity index (χ1n) is 9.83. The van der Waals surface area contributed by atoms with Gasteiger partial charge in [-0.15, -0.1) is 0 Å². The van der Waals surface area contributed by atoms with Crippen LogP contribution in [0.3, 0.4) is 0 Å². The Kier molecular flexibility index (Phi) is 6.51. The largest absolute Gasteiger partial charge is 0.490 e. The van der Waals surface area contributed by atoms with Crippen LogP contribution < -0.4 is 19.7 Å². The number of ether oxygens (including phenoxy) is 2. The second-order valence-electron chi connectivity index (χ2n) is 6.73. The highest BCUT2D eigenvalue weighted by molar-refractivity contribution is 6.39. The number of barbiturate groups is 1. The smallest absolute Gasteiger partial charge is 0.335 e. The van der Waals surface area contributed by atoms with Gasteiger partial charge < -0.3 is 9.47 Å². The summed E-state index contributed by atoms with van der Waals surface area (Å²) < 4.78 is 11.3. The summed E-state index contributed by atoms with van der Waals surface area (Å²) in [5, 5.41) is 2.24. The van der Waals surface area contributed by atoms with Crippen molar-refractivity contribution in [2.24, 2.45) is 0 Å². The van der Waals surface area contributed by atoms with Gasteiger partial charge in [0.1, 0.15) is 5.57 Å². The minimum Gasteiger partial charge on any atom is -0.490 e. The van der Waals surface area contributed by atoms with E-state index in [0.717, 1.165) is 22.4 Å². The lowest BCUT2D eigenvalue weighted by Gasteiger charge is -2.27. The molecule has 156 valence electrons. The zero-order valence-electron chi connectivity index (χ0n) is 17.2. The van der Waals surface area contributed by atoms with Gasteiger partial charge in [0.15, 0.2) is 11.5 Å². The lowest BCUT2D eigenvalue weighted by Crippen LogP contribution is -2.54. The first-order valence-corrected chi connectivity index (χ1v) is 9.83. The standard InChI is InChI=1S/C23H24N2O5/c1-4-12-30-19-11-10-17(14-20(19)29-5-2)25-22(27)18(21(26)24-23(25)28)13-16-9-7-6-8-15(16)3/h6-11,13-14H,4-5,12H2,1-3H3,(H,24,26,28)/b18-13+. The summed E-state index contributed by atoms with van der Waals surface area (Å²) in [7, 11) is 0. The predicted octanol–water partition coefficient (Wildman–Crippen LogP) is 3.85. The van der Waals surface area contributed by atoms with Crippen molar-refractivity contribution < 1.29 is 23.9 Å². The van der Waals surface area contributed by atoms with Gasteiger partial charge in [-0.05, 0) is 49.6 Å². The van der Waals surface area contributed by atoms with E-state index >= 15 is 0 Å². The second kappa shape index (κ2) is 9.26. The molecule has 0 aliphatic carbocycles. The van der Waals surface area contributed by atoms with E-state index in [1.165, 1.54) is 6.08 Å². The van der Waals surface area contributed by atoms with Crippen LogP contribution in [-0.2, 0) is 9.59 Å². The van der Waals surface area contributed by atoms with Gasteiger partial charge in [-0.2, -0.15) is 0 Å². The Hall–Kier alpha value is -3.61. The SMILES string of the molecule is CCCOc1ccc(N2C(=O)NC(=O)/C(=C\c3ccccc3C)C2=O)cc1OCC. The van der Waals surface area contributed by atoms with Crippen LogP contribution in [0.4, 0.5) is 10.5 Å². The summed E-state index contributed by atoms with van der Waals surface area (Å²) in [4.78, 5) is 38.9. The fourth-order valence-electron chi connectivity index (χ4n) is 3.03. The van der Waals surface area contributed by atoms with Crippen LogP contribution in [0.15, 0.2) is 48.0 Å². The summed E-state index contributed by atoms with van der Waals surface area (Å²) in [5.74, 6) is -0.474. The Balaban J connectivity index is 1.99. The summed E-state index contributed by atoms with van der Waals surface area (Å²) in [6, 6.07) is 11.4. The molecule has 1 saturated heterocycles. The number of imide groups is 2. The molecule has 0 spiro atoms. The van der Waals surface area contributed by atoms with Gasteiger partial charge in [0.05, 0.1) is 18.9 Å². The number of hydrogen-bond acceptors (Lipinski definition) is 5. The van der Waals surface area contributed by atoms with Crippen LogP contribution in [-0.4, -0.2) is 31.1 Å². The van der Waals surface area contributed by atoms with E-state index in [4.69, 9.17) is 9.47 Å². The molecule has 1 aliphatic heterocycles. The molecule has 4 amide bonds. The van der Waals surface area contributed by atoms with Gasteiger partial charge in [-0.3, -0.25) is 14.9 Å². The average molecular weight is 408 g/mol. The normalized spacial score (nSPS) is 15.4. The molecule has 7 heteroatoms. The molecule has 0 atom stereocenters. The number of benzene rings is 2. The van der Waals surface area contributed by atoms with Crippen molar-refractivity contribution in [3.63, 3.8) is 0 Å². The fraction of sp³-hybridized carbons (Fsp3) is 0.261. The van der Waals surface area contributed by atoms with Crippen LogP contribution >= 0.6 is 0 Å². The number of carbonyl (C=O) groups is 3. The number of nitrogens with one attached hydrogen (secondary N) is 1. The topological polar surface area (TPSA) is 84.9 Å². The monoisotopic (exact) mass is 408 g/mol. The summed E-state index contributed by atoms with van der Waals surface area (Å²) >= 11 is 0. The number of rotatable bonds is 7. The van der Waals surface area contributed by atoms with Crippen LogP contribution in [0.25, 0.3) is 6.08 Å². The molecular weight excluding hydrogens is 384 g/mol. The van der Waals surface area contributed by atoms with E-state index in [9.17, 15) is 14.4 Å². The molecule has 0 unspecified atom stereocenters. The summed E-state index contributed by atoms with van der Waals surface area (Å²) in [6.07, 6.45) is 2.32. The molecule has 0 radical (unpaired) electrons. The maximum atomic E-state index is 13.1. The molecule has 1 aliphatic rings. The predicted molar refractivity (Wildman–Crippen MR) is 114 cm³/mol. The molecule has 7 nitrogen and oxygen atoms in total. The number of amides is 4. The molecule has 0 aromatic heterocycles. The number of nitrogens with zero attached hydrogens (tertiary/aromatic N) is 1. The third-order valence-electron chi connectivity index (χ3n) is 4.54. The van der Waals surface area contributed by atoms with Crippen LogP contribution in [0.2, 0.25) is 0 Å². The van der Waals surface area contributed by atoms with E-state index in [0.29, 0.717) is 24.7 Å². The molecule has 0 saturated carbocycles. The van der Waals surface area contributed by atoms with Crippen molar-refractivity contribution in [2.75, 3.05) is 18.1 Å². The first-order chi connectivity index (χ1) is 14.5. The van der Waals surface area contributed by atoms with Crippen LogP contribution in [0.5, 0.6) is 11.5 Å². The third kappa shape index (κ3) is 4.35. The number of anilines is 1. The Morgan fingerprint density at radius 2 is 1.77 bits per heavy atom. The number of carbonyl (C=O) groups excluding carboxylic acids is 3. The van der Waals surface area contributed by atoms with Crippen LogP contribution in [0, 0.1) is 6.92 Å². The molecule has 2 aromatic rings. The zero-order chi connectivity index (χ0) is 21.7. The molecule has 2 aromatic carbocycles. The highest BCUT2D eigenvalue weighted by Gasteiger charge is 2.37. The summed E-state index contributed by atoms with van der Waals surface area (Å²) in [6.45, 7) is 6.61. The van der Waals surface area contributed by atoms with Crippen molar-refractivity contribution >= 4 is 29.6 Å². The van der Waals surface area contributed by atoms with Crippen molar-refractivity contribution in [3.05, 3.63) is 59.2 Å². The fourth-order valence-corrected chi connectivity index (χ4v) is 3.03. The van der Waals surface area contributed by atoms with Crippen molar-refractivity contribution in [1.29, 1.82) is 0 Å². The Morgan fingerprint density at radius 3 is 2.47 bits per heavy atom. The van der Waals surface area contributed by atoms with Gasteiger partial charge in [0, 0.05) is 6.07 Å². The highest BCUT2D eigenvalue weighted by atomic mass is 16.5. The van der Waals surface area contributed by atoms with Crippen molar-refractivity contribution in [1.82, 2.24) is 5.32 Å². The third-order valence-corrected chi connectivity index (χ3v) is 4.54. The first kappa shape index (κ1) is 21.1. The lowest BCUT2D eigenvalue weighted by atomic mass is 10.0. The van der Waals surface area contributed by atoms with Gasteiger partial charge in [0.25, 0.3) is 11.8 Å². The minimum absolute atomic E-state index is 0.117. The Labute approximate surface area is 175 Å². The number of urea groups is 1. The molecule has 1 N–H and O–H groups in total. The lowest BCUT2D eigenvalue weighted by molar-refractivity contribution is -0.122. The van der Waals surface area contributed by atoms with E-state index in [1.807, 2.05) is 39.0 Å². The van der Waals surface area contributed by atoms with E-state index in [2.05, 4.69) is 5.32 Å². The molecule has 1 heterocycles. The van der Waals surface area contributed by atoms with Gasteiger partial charge >= 0.3 is 6.03 Å². The van der Waals surface area contributed by atoms with Gasteiger partial charge in [-0.25, -0.2) is 9.69 Å². The molecule has 3 rings (SSSR count). The molecule has 0 bridgehead atoms. The quantitative estimate of drug-likeness (QED) is 0.556. The van der Waals surface area contributed by atoms with Crippen molar-refractivity contribution in [2.45, 2.75) is 27.2 Å². The van der Waals surface area contributed by atoms with Gasteiger partial charge in [-0.1, -0.05) is 31.2 Å². The maximum absolute atomic E-state index is 13.1. The maximum Gasteiger partial charge on any atom is 0.335 e. The van der Waals surface area contributed by atoms with E-state index in [1.54, 1.807) is 24.3 Å². The average Bonchev–Trinajstić information content (AvgIpc) is 2.72. The van der Waals surface area contributed by atoms with E-state index in [-0.39, 0.29) is 11.3 Å². The van der Waals surface area contributed by atoms with Crippen LogP contribution in [0.1, 0.15) is 31.4 Å². The number of aryl methyl sites for hydroxylation is 1. The molecule has 30 heavy (non-hydrogen) atoms. The zero-order valence-corrected chi connectivity index (χ0v) is 17.2. The Morgan fingerprint density at radius 1 is 1.00 bits per heavy atom. The minimum atomic E-state index is -0.809. The second-order valence-corrected chi connectivity index (χ2v) is 6.73. The van der Waals surface area contributed by atoms with Gasteiger partial charge in [0.2, 0.25) is 0 Å². The van der Waals surface area contributed by atoms with Crippen molar-refractivity contribution in [3.8, 4) is 11.5 Å². The van der Waals surface area contributed by atoms with E-state index < -0.39 is 17.8 Å². The highest BCUT2D eigenvalue weighted by Crippen LogP contribution is 2.33. The Bertz CT molecular complexity index is 1010.